The quantitative estimate of drug-likeness (QED) is 0.172. The Morgan fingerprint density at radius 1 is 1.15 bits per heavy atom. The second-order valence-corrected chi connectivity index (χ2v) is 10.5. The summed E-state index contributed by atoms with van der Waals surface area (Å²) < 4.78 is 0. The van der Waals surface area contributed by atoms with Crippen LogP contribution in [0, 0.1) is 11.8 Å². The molecule has 3 saturated heterocycles. The summed E-state index contributed by atoms with van der Waals surface area (Å²) in [7, 11) is 0. The molecule has 0 aromatic rings. The number of alkyl halides is 2. The molecule has 1 aliphatic carbocycles. The molecule has 0 aromatic heterocycles. The van der Waals surface area contributed by atoms with Gasteiger partial charge in [0.25, 0.3) is 0 Å². The molecular weight excluding hydrogens is 469 g/mol. The highest BCUT2D eigenvalue weighted by Crippen LogP contribution is 2.35. The summed E-state index contributed by atoms with van der Waals surface area (Å²) in [6.45, 7) is 2.26. The topological polar surface area (TPSA) is 128 Å². The first kappa shape index (κ1) is 25.4. The molecule has 2 amide bonds. The van der Waals surface area contributed by atoms with Crippen molar-refractivity contribution < 1.29 is 14.4 Å². The van der Waals surface area contributed by atoms with E-state index < -0.39 is 0 Å². The van der Waals surface area contributed by atoms with Crippen molar-refractivity contribution in [1.82, 2.24) is 37.6 Å². The molecule has 3 aliphatic heterocycles. The number of halogens is 2. The highest BCUT2D eigenvalue weighted by molar-refractivity contribution is 6.30. The van der Waals surface area contributed by atoms with Crippen molar-refractivity contribution in [3.63, 3.8) is 0 Å². The van der Waals surface area contributed by atoms with Crippen molar-refractivity contribution in [2.24, 2.45) is 11.8 Å². The lowest BCUT2D eigenvalue weighted by Crippen LogP contribution is -2.71. The molecule has 7 N–H and O–H groups in total. The van der Waals surface area contributed by atoms with Gasteiger partial charge in [0.15, 0.2) is 0 Å². The number of amides is 2. The second-order valence-electron chi connectivity index (χ2n) is 9.46. The Labute approximate surface area is 205 Å². The van der Waals surface area contributed by atoms with Crippen LogP contribution in [0.15, 0.2) is 0 Å². The van der Waals surface area contributed by atoms with E-state index in [1.807, 2.05) is 0 Å². The van der Waals surface area contributed by atoms with Crippen LogP contribution in [0.2, 0.25) is 0 Å². The first-order valence-corrected chi connectivity index (χ1v) is 13.1. The molecule has 8 atom stereocenters. The Morgan fingerprint density at radius 2 is 2.03 bits per heavy atom. The summed E-state index contributed by atoms with van der Waals surface area (Å²) in [6, 6.07) is 0.0939. The molecule has 10 nitrogen and oxygen atoms in total. The van der Waals surface area contributed by atoms with E-state index in [0.29, 0.717) is 19.4 Å². The third-order valence-electron chi connectivity index (χ3n) is 7.13. The summed E-state index contributed by atoms with van der Waals surface area (Å²) in [5, 5.41) is 13.1. The number of hydroxylamine groups is 1. The fraction of sp³-hybridized carbons (Fsp3) is 0.905. The second kappa shape index (κ2) is 12.3. The van der Waals surface area contributed by atoms with E-state index in [1.165, 1.54) is 0 Å². The molecule has 8 unspecified atom stereocenters. The smallest absolute Gasteiger partial charge is 0.238 e. The summed E-state index contributed by atoms with van der Waals surface area (Å²) in [4.78, 5) is 29.8. The first-order chi connectivity index (χ1) is 16.0. The largest absolute Gasteiger partial charge is 0.356 e. The van der Waals surface area contributed by atoms with Gasteiger partial charge in [0.05, 0.1) is 29.0 Å². The molecule has 4 aliphatic rings. The SMILES string of the molecule is O=C(CCC1NC(C2CCCC(Cl)C2Cl)NO1)NCCCNC1NNC(=O)C2CCCNC12. The van der Waals surface area contributed by atoms with Gasteiger partial charge in [-0.2, -0.15) is 5.48 Å². The summed E-state index contributed by atoms with van der Waals surface area (Å²) in [6.07, 6.45) is 6.45. The van der Waals surface area contributed by atoms with Crippen molar-refractivity contribution in [1.29, 1.82) is 0 Å². The molecule has 12 heteroatoms. The maximum absolute atomic E-state index is 12.2. The lowest BCUT2D eigenvalue weighted by Gasteiger charge is -2.42. The third kappa shape index (κ3) is 6.70. The number of fused-ring (bicyclic) bond motifs is 1. The van der Waals surface area contributed by atoms with Crippen LogP contribution in [-0.4, -0.2) is 66.8 Å². The average Bonchev–Trinajstić information content (AvgIpc) is 3.29. The van der Waals surface area contributed by atoms with E-state index in [4.69, 9.17) is 28.0 Å². The first-order valence-electron chi connectivity index (χ1n) is 12.3. The van der Waals surface area contributed by atoms with Gasteiger partial charge < -0.3 is 10.6 Å². The number of piperidine rings is 1. The van der Waals surface area contributed by atoms with Crippen LogP contribution in [0.3, 0.4) is 0 Å². The van der Waals surface area contributed by atoms with Crippen LogP contribution in [0.4, 0.5) is 0 Å². The van der Waals surface area contributed by atoms with E-state index >= 15 is 0 Å². The number of carbonyl (C=O) groups is 2. The van der Waals surface area contributed by atoms with Crippen LogP contribution < -0.4 is 37.6 Å². The minimum absolute atomic E-state index is 0.00232. The zero-order valence-electron chi connectivity index (χ0n) is 18.9. The average molecular weight is 506 g/mol. The third-order valence-corrected chi connectivity index (χ3v) is 8.38. The fourth-order valence-corrected chi connectivity index (χ4v) is 5.99. The molecule has 0 spiro atoms. The Morgan fingerprint density at radius 3 is 2.91 bits per heavy atom. The lowest BCUT2D eigenvalue weighted by molar-refractivity contribution is -0.131. The molecule has 1 saturated carbocycles. The van der Waals surface area contributed by atoms with E-state index in [0.717, 1.165) is 51.6 Å². The number of rotatable bonds is 9. The van der Waals surface area contributed by atoms with Gasteiger partial charge in [-0.05, 0) is 51.6 Å². The summed E-state index contributed by atoms with van der Waals surface area (Å²) in [5.74, 6) is 0.279. The summed E-state index contributed by atoms with van der Waals surface area (Å²) >= 11 is 12.8. The molecule has 3 heterocycles. The predicted octanol–water partition coefficient (Wildman–Crippen LogP) is -0.0173. The van der Waals surface area contributed by atoms with Crippen LogP contribution in [0.5, 0.6) is 0 Å². The van der Waals surface area contributed by atoms with Gasteiger partial charge >= 0.3 is 0 Å². The molecule has 4 rings (SSSR count). The van der Waals surface area contributed by atoms with Crippen LogP contribution in [-0.2, 0) is 14.4 Å². The van der Waals surface area contributed by atoms with Gasteiger partial charge in [-0.25, -0.2) is 5.43 Å². The number of carbonyl (C=O) groups excluding carboxylic acids is 2. The number of nitrogens with one attached hydrogen (secondary N) is 7. The predicted molar refractivity (Wildman–Crippen MR) is 126 cm³/mol. The molecule has 0 aromatic carbocycles. The van der Waals surface area contributed by atoms with Crippen LogP contribution in [0.1, 0.15) is 51.4 Å². The minimum Gasteiger partial charge on any atom is -0.356 e. The maximum atomic E-state index is 12.2. The van der Waals surface area contributed by atoms with Crippen molar-refractivity contribution in [3.05, 3.63) is 0 Å². The molecule has 33 heavy (non-hydrogen) atoms. The van der Waals surface area contributed by atoms with Gasteiger partial charge in [0, 0.05) is 24.9 Å². The molecule has 188 valence electrons. The van der Waals surface area contributed by atoms with Crippen molar-refractivity contribution in [2.75, 3.05) is 19.6 Å². The Balaban J connectivity index is 1.07. The van der Waals surface area contributed by atoms with Crippen molar-refractivity contribution >= 4 is 35.0 Å². The standard InChI is InChI=1S/C21H37Cl2N7O3/c22-14-6-1-4-12(17(14)23)19-27-16(33-30-19)8-7-15(31)24-10-3-11-26-20-18-13(5-2-9-25-18)21(32)29-28-20/h12-14,16-20,25-28,30H,1-11H2,(H,24,31)(H,29,32). The van der Waals surface area contributed by atoms with Crippen LogP contribution >= 0.6 is 23.2 Å². The zero-order valence-corrected chi connectivity index (χ0v) is 20.4. The summed E-state index contributed by atoms with van der Waals surface area (Å²) in [5.41, 5.74) is 8.85. The molecule has 0 radical (unpaired) electrons. The number of hydrogen-bond acceptors (Lipinski definition) is 8. The number of hydrogen-bond donors (Lipinski definition) is 7. The van der Waals surface area contributed by atoms with Crippen molar-refractivity contribution in [3.8, 4) is 0 Å². The Kier molecular flexibility index (Phi) is 9.46. The van der Waals surface area contributed by atoms with E-state index in [2.05, 4.69) is 37.6 Å². The van der Waals surface area contributed by atoms with E-state index in [1.54, 1.807) is 0 Å². The van der Waals surface area contributed by atoms with Gasteiger partial charge in [-0.15, -0.1) is 23.2 Å². The molecular formula is C21H37Cl2N7O3. The monoisotopic (exact) mass is 505 g/mol. The zero-order chi connectivity index (χ0) is 23.2. The van der Waals surface area contributed by atoms with Gasteiger partial charge in [-0.3, -0.25) is 30.5 Å². The lowest BCUT2D eigenvalue weighted by atomic mass is 9.86. The van der Waals surface area contributed by atoms with Crippen LogP contribution in [0.25, 0.3) is 0 Å². The fourth-order valence-electron chi connectivity index (χ4n) is 5.25. The molecule has 0 bridgehead atoms. The Hall–Kier alpha value is -0.720. The van der Waals surface area contributed by atoms with Gasteiger partial charge in [-0.1, -0.05) is 6.42 Å². The van der Waals surface area contributed by atoms with E-state index in [9.17, 15) is 9.59 Å². The number of hydrazine groups is 1. The van der Waals surface area contributed by atoms with E-state index in [-0.39, 0.29) is 59.0 Å². The highest BCUT2D eigenvalue weighted by Gasteiger charge is 2.40. The molecule has 4 fully saturated rings. The normalized spacial score (nSPS) is 39.0. The maximum Gasteiger partial charge on any atom is 0.238 e. The van der Waals surface area contributed by atoms with Crippen molar-refractivity contribution in [2.45, 2.75) is 86.7 Å². The van der Waals surface area contributed by atoms with Gasteiger partial charge in [0.2, 0.25) is 11.8 Å². The minimum atomic E-state index is -0.217. The van der Waals surface area contributed by atoms with Gasteiger partial charge in [0.1, 0.15) is 6.23 Å². The highest BCUT2D eigenvalue weighted by atomic mass is 35.5. The Bertz CT molecular complexity index is 676.